The SMILES string of the molecule is COc1cc(-c2ccccc2O)c(-c2ccc(NCC3CC4(C)CCCC(C)(C3)N4)nn2)nn1. The second-order valence-electron chi connectivity index (χ2n) is 10.2. The van der Waals surface area contributed by atoms with Gasteiger partial charge in [-0.3, -0.25) is 0 Å². The van der Waals surface area contributed by atoms with Gasteiger partial charge in [0.15, 0.2) is 0 Å². The first-order valence-corrected chi connectivity index (χ1v) is 11.9. The van der Waals surface area contributed by atoms with Crippen LogP contribution in [0.4, 0.5) is 5.82 Å². The van der Waals surface area contributed by atoms with Gasteiger partial charge in [-0.05, 0) is 70.1 Å². The van der Waals surface area contributed by atoms with E-state index in [2.05, 4.69) is 44.9 Å². The van der Waals surface area contributed by atoms with Crippen molar-refractivity contribution >= 4 is 5.82 Å². The molecule has 2 bridgehead atoms. The Bertz CT molecular complexity index is 1150. The lowest BCUT2D eigenvalue weighted by atomic mass is 9.67. The normalized spacial score (nSPS) is 26.1. The third kappa shape index (κ3) is 4.55. The van der Waals surface area contributed by atoms with Crippen LogP contribution in [0.3, 0.4) is 0 Å². The third-order valence-electron chi connectivity index (χ3n) is 7.19. The number of ether oxygens (including phenoxy) is 1. The second kappa shape index (κ2) is 8.83. The number of piperidine rings is 2. The van der Waals surface area contributed by atoms with E-state index >= 15 is 0 Å². The molecule has 178 valence electrons. The summed E-state index contributed by atoms with van der Waals surface area (Å²) >= 11 is 0. The Labute approximate surface area is 200 Å². The molecule has 0 aliphatic carbocycles. The molecule has 2 fully saturated rings. The van der Waals surface area contributed by atoms with E-state index in [4.69, 9.17) is 4.74 Å². The van der Waals surface area contributed by atoms with E-state index in [1.54, 1.807) is 18.2 Å². The Balaban J connectivity index is 1.34. The molecule has 3 N–H and O–H groups in total. The van der Waals surface area contributed by atoms with Crippen LogP contribution in [0.25, 0.3) is 22.5 Å². The third-order valence-corrected chi connectivity index (χ3v) is 7.19. The number of para-hydroxylation sites is 1. The van der Waals surface area contributed by atoms with Crippen molar-refractivity contribution in [2.24, 2.45) is 5.92 Å². The number of phenolic OH excluding ortho intramolecular Hbond substituents is 1. The lowest BCUT2D eigenvalue weighted by Gasteiger charge is -2.53. The van der Waals surface area contributed by atoms with E-state index in [1.165, 1.54) is 39.2 Å². The number of methoxy groups -OCH3 is 1. The predicted molar refractivity (Wildman–Crippen MR) is 132 cm³/mol. The number of hydrogen-bond donors (Lipinski definition) is 3. The van der Waals surface area contributed by atoms with Gasteiger partial charge in [0.2, 0.25) is 5.88 Å². The molecule has 2 aliphatic heterocycles. The first-order chi connectivity index (χ1) is 16.4. The molecular formula is C26H32N6O2. The summed E-state index contributed by atoms with van der Waals surface area (Å²) in [6, 6.07) is 12.7. The van der Waals surface area contributed by atoms with Gasteiger partial charge in [0, 0.05) is 34.8 Å². The Morgan fingerprint density at radius 1 is 1.00 bits per heavy atom. The second-order valence-corrected chi connectivity index (χ2v) is 10.2. The Morgan fingerprint density at radius 3 is 2.44 bits per heavy atom. The zero-order valence-electron chi connectivity index (χ0n) is 20.0. The molecule has 0 saturated carbocycles. The summed E-state index contributed by atoms with van der Waals surface area (Å²) in [5.41, 5.74) is 2.90. The average molecular weight is 461 g/mol. The molecule has 8 nitrogen and oxygen atoms in total. The predicted octanol–water partition coefficient (Wildman–Crippen LogP) is 4.43. The quantitative estimate of drug-likeness (QED) is 0.496. The summed E-state index contributed by atoms with van der Waals surface area (Å²) in [4.78, 5) is 0. The van der Waals surface area contributed by atoms with Crippen LogP contribution in [0.5, 0.6) is 11.6 Å². The molecule has 0 spiro atoms. The maximum absolute atomic E-state index is 10.4. The summed E-state index contributed by atoms with van der Waals surface area (Å²) in [6.45, 7) is 5.61. The van der Waals surface area contributed by atoms with Crippen molar-refractivity contribution in [1.82, 2.24) is 25.7 Å². The van der Waals surface area contributed by atoms with Crippen LogP contribution in [-0.2, 0) is 0 Å². The summed E-state index contributed by atoms with van der Waals surface area (Å²) in [5.74, 6) is 1.85. The molecule has 2 atom stereocenters. The zero-order valence-corrected chi connectivity index (χ0v) is 20.0. The number of nitrogens with one attached hydrogen (secondary N) is 2. The fraction of sp³-hybridized carbons (Fsp3) is 0.462. The average Bonchev–Trinajstić information content (AvgIpc) is 2.82. The molecule has 0 radical (unpaired) electrons. The van der Waals surface area contributed by atoms with E-state index in [1.807, 2.05) is 24.3 Å². The minimum Gasteiger partial charge on any atom is -0.507 e. The monoisotopic (exact) mass is 460 g/mol. The van der Waals surface area contributed by atoms with Crippen molar-refractivity contribution in [3.63, 3.8) is 0 Å². The van der Waals surface area contributed by atoms with E-state index in [0.29, 0.717) is 34.3 Å². The Hall–Kier alpha value is -3.26. The molecule has 2 aromatic heterocycles. The molecule has 1 aromatic carbocycles. The van der Waals surface area contributed by atoms with Crippen molar-refractivity contribution in [1.29, 1.82) is 0 Å². The number of benzene rings is 1. The minimum absolute atomic E-state index is 0.152. The van der Waals surface area contributed by atoms with Gasteiger partial charge in [0.05, 0.1) is 7.11 Å². The van der Waals surface area contributed by atoms with Crippen LogP contribution in [0, 0.1) is 5.92 Å². The number of aromatic hydroxyl groups is 1. The van der Waals surface area contributed by atoms with Gasteiger partial charge in [-0.2, -0.15) is 0 Å². The number of hydrogen-bond acceptors (Lipinski definition) is 8. The molecule has 0 amide bonds. The zero-order chi connectivity index (χ0) is 23.8. The summed E-state index contributed by atoms with van der Waals surface area (Å²) in [7, 11) is 1.54. The van der Waals surface area contributed by atoms with Gasteiger partial charge >= 0.3 is 0 Å². The van der Waals surface area contributed by atoms with Crippen molar-refractivity contribution in [3.8, 4) is 34.1 Å². The highest BCUT2D eigenvalue weighted by Crippen LogP contribution is 2.42. The highest BCUT2D eigenvalue weighted by molar-refractivity contribution is 5.82. The van der Waals surface area contributed by atoms with Crippen molar-refractivity contribution in [3.05, 3.63) is 42.5 Å². The smallest absolute Gasteiger partial charge is 0.233 e. The number of rotatable bonds is 6. The fourth-order valence-corrected chi connectivity index (χ4v) is 5.89. The summed E-state index contributed by atoms with van der Waals surface area (Å²) in [5, 5.41) is 35.0. The lowest BCUT2D eigenvalue weighted by molar-refractivity contribution is 0.0589. The van der Waals surface area contributed by atoms with Crippen LogP contribution in [0.15, 0.2) is 42.5 Å². The van der Waals surface area contributed by atoms with Crippen molar-refractivity contribution in [2.75, 3.05) is 19.0 Å². The van der Waals surface area contributed by atoms with Gasteiger partial charge in [0.1, 0.15) is 23.0 Å². The van der Waals surface area contributed by atoms with Crippen LogP contribution >= 0.6 is 0 Å². The molecule has 3 aromatic rings. The maximum Gasteiger partial charge on any atom is 0.233 e. The van der Waals surface area contributed by atoms with Gasteiger partial charge < -0.3 is 20.5 Å². The van der Waals surface area contributed by atoms with Crippen LogP contribution in [0.1, 0.15) is 46.0 Å². The summed E-state index contributed by atoms with van der Waals surface area (Å²) < 4.78 is 5.25. The fourth-order valence-electron chi connectivity index (χ4n) is 5.89. The first kappa shape index (κ1) is 22.5. The van der Waals surface area contributed by atoms with Crippen molar-refractivity contribution in [2.45, 2.75) is 57.0 Å². The van der Waals surface area contributed by atoms with Crippen LogP contribution < -0.4 is 15.4 Å². The number of phenols is 1. The van der Waals surface area contributed by atoms with E-state index in [9.17, 15) is 5.11 Å². The van der Waals surface area contributed by atoms with Gasteiger partial charge in [-0.25, -0.2) is 0 Å². The lowest BCUT2D eigenvalue weighted by Crippen LogP contribution is -2.63. The first-order valence-electron chi connectivity index (χ1n) is 11.9. The minimum atomic E-state index is 0.152. The maximum atomic E-state index is 10.4. The molecular weight excluding hydrogens is 428 g/mol. The number of fused-ring (bicyclic) bond motifs is 2. The van der Waals surface area contributed by atoms with Gasteiger partial charge in [0.25, 0.3) is 0 Å². The molecule has 8 heteroatoms. The van der Waals surface area contributed by atoms with Crippen LogP contribution in [0.2, 0.25) is 0 Å². The largest absolute Gasteiger partial charge is 0.507 e. The number of nitrogens with zero attached hydrogens (tertiary/aromatic N) is 4. The van der Waals surface area contributed by atoms with E-state index < -0.39 is 0 Å². The highest BCUT2D eigenvalue weighted by atomic mass is 16.5. The molecule has 2 unspecified atom stereocenters. The molecule has 34 heavy (non-hydrogen) atoms. The number of aromatic nitrogens is 4. The topological polar surface area (TPSA) is 105 Å². The molecule has 5 rings (SSSR count). The standard InChI is InChI=1S/C26H32N6O2/c1-25-11-6-12-26(2,32-25)15-17(14-25)16-27-22-10-9-20(28-29-22)24-19(13-23(34-3)30-31-24)18-7-4-5-8-21(18)33/h4-5,7-10,13,17,32-33H,6,11-12,14-16H2,1-3H3,(H,27,29). The number of anilines is 1. The molecule has 2 aliphatic rings. The van der Waals surface area contributed by atoms with E-state index in [-0.39, 0.29) is 16.8 Å². The Kier molecular flexibility index (Phi) is 5.85. The summed E-state index contributed by atoms with van der Waals surface area (Å²) in [6.07, 6.45) is 6.15. The highest BCUT2D eigenvalue weighted by Gasteiger charge is 2.45. The molecule has 2 saturated heterocycles. The van der Waals surface area contributed by atoms with Gasteiger partial charge in [-0.1, -0.05) is 18.2 Å². The van der Waals surface area contributed by atoms with Crippen LogP contribution in [-0.4, -0.2) is 50.2 Å². The van der Waals surface area contributed by atoms with Crippen molar-refractivity contribution < 1.29 is 9.84 Å². The van der Waals surface area contributed by atoms with E-state index in [0.717, 1.165) is 12.4 Å². The van der Waals surface area contributed by atoms with Gasteiger partial charge in [-0.15, -0.1) is 20.4 Å². The molecule has 4 heterocycles. The Morgan fingerprint density at radius 2 is 1.76 bits per heavy atom.